The van der Waals surface area contributed by atoms with E-state index in [1.807, 2.05) is 24.0 Å². The average Bonchev–Trinajstić information content (AvgIpc) is 3.36. The van der Waals surface area contributed by atoms with Gasteiger partial charge in [0.05, 0.1) is 12.1 Å². The molecule has 0 saturated carbocycles. The fourth-order valence-electron chi connectivity index (χ4n) is 5.24. The van der Waals surface area contributed by atoms with Crippen molar-refractivity contribution >= 4 is 17.5 Å². The lowest BCUT2D eigenvalue weighted by Gasteiger charge is -2.32. The van der Waals surface area contributed by atoms with Gasteiger partial charge in [-0.25, -0.2) is 10.9 Å². The quantitative estimate of drug-likeness (QED) is 0.493. The summed E-state index contributed by atoms with van der Waals surface area (Å²) in [6, 6.07) is 15.0. The van der Waals surface area contributed by atoms with Crippen LogP contribution in [0.4, 0.5) is 0 Å². The van der Waals surface area contributed by atoms with Gasteiger partial charge < -0.3 is 10.0 Å². The second kappa shape index (κ2) is 9.02. The lowest BCUT2D eigenvalue weighted by atomic mass is 9.82. The Labute approximate surface area is 204 Å². The smallest absolute Gasteiger partial charge is 0.242 e. The number of hydrazine groups is 1. The predicted molar refractivity (Wildman–Crippen MR) is 132 cm³/mol. The number of amides is 1. The molecule has 34 heavy (non-hydrogen) atoms. The first-order valence-electron chi connectivity index (χ1n) is 11.6. The molecule has 3 aromatic rings. The number of aryl methyl sites for hydroxylation is 1. The number of fused-ring (bicyclic) bond motifs is 1. The maximum absolute atomic E-state index is 13.6. The second-order valence-electron chi connectivity index (χ2n) is 9.58. The minimum absolute atomic E-state index is 0.0273. The predicted octanol–water partition coefficient (Wildman–Crippen LogP) is 4.79. The Kier molecular flexibility index (Phi) is 6.06. The van der Waals surface area contributed by atoms with Crippen LogP contribution in [-0.2, 0) is 11.3 Å². The number of pyridine rings is 1. The molecule has 2 aromatic carbocycles. The normalized spacial score (nSPS) is 24.1. The van der Waals surface area contributed by atoms with Gasteiger partial charge in [-0.3, -0.25) is 9.78 Å². The molecular formula is C27H29ClN4O2. The van der Waals surface area contributed by atoms with E-state index in [4.69, 9.17) is 11.6 Å². The van der Waals surface area contributed by atoms with Gasteiger partial charge in [0.2, 0.25) is 5.91 Å². The molecule has 1 aromatic heterocycles. The number of carbonyl (C=O) groups is 1. The molecule has 0 spiro atoms. The molecule has 0 aliphatic carbocycles. The third-order valence-electron chi connectivity index (χ3n) is 7.08. The molecule has 2 aliphatic heterocycles. The van der Waals surface area contributed by atoms with Crippen LogP contribution in [0.25, 0.3) is 0 Å². The van der Waals surface area contributed by atoms with E-state index in [0.717, 1.165) is 16.7 Å². The molecule has 2 saturated heterocycles. The molecule has 3 N–H and O–H groups in total. The Hall–Kier alpha value is -2.93. The topological polar surface area (TPSA) is 77.5 Å². The van der Waals surface area contributed by atoms with Crippen LogP contribution in [0.3, 0.4) is 0 Å². The highest BCUT2D eigenvalue weighted by atomic mass is 35.5. The molecule has 4 atom stereocenters. The molecule has 7 heteroatoms. The molecule has 6 nitrogen and oxygen atoms in total. The van der Waals surface area contributed by atoms with E-state index in [1.165, 1.54) is 5.56 Å². The van der Waals surface area contributed by atoms with Crippen LogP contribution in [-0.4, -0.2) is 26.9 Å². The first-order valence-corrected chi connectivity index (χ1v) is 12.0. The van der Waals surface area contributed by atoms with Crippen molar-refractivity contribution in [2.45, 2.75) is 51.4 Å². The Morgan fingerprint density at radius 1 is 1.12 bits per heavy atom. The van der Waals surface area contributed by atoms with Gasteiger partial charge in [-0.1, -0.05) is 55.8 Å². The van der Waals surface area contributed by atoms with Crippen LogP contribution in [0.5, 0.6) is 5.75 Å². The minimum Gasteiger partial charge on any atom is -0.508 e. The van der Waals surface area contributed by atoms with Crippen molar-refractivity contribution in [3.63, 3.8) is 0 Å². The number of carbonyl (C=O) groups excluding carboxylic acids is 1. The summed E-state index contributed by atoms with van der Waals surface area (Å²) in [7, 11) is 0. The lowest BCUT2D eigenvalue weighted by molar-refractivity contribution is -0.131. The molecule has 1 amide bonds. The van der Waals surface area contributed by atoms with Crippen LogP contribution in [0.15, 0.2) is 60.9 Å². The van der Waals surface area contributed by atoms with E-state index in [2.05, 4.69) is 53.9 Å². The highest BCUT2D eigenvalue weighted by molar-refractivity contribution is 6.31. The van der Waals surface area contributed by atoms with Crippen molar-refractivity contribution in [2.24, 2.45) is 5.92 Å². The molecular weight excluding hydrogens is 448 g/mol. The number of likely N-dealkylation sites (tertiary alicyclic amines) is 1. The van der Waals surface area contributed by atoms with Crippen molar-refractivity contribution in [1.82, 2.24) is 20.7 Å². The SMILES string of the molecule is Cc1cc(O)c(C2NNC3C(=O)N(Cc4cccnc4)C(c4ccc(C(C)C)cc4)C32)cc1Cl. The van der Waals surface area contributed by atoms with Gasteiger partial charge in [-0.2, -0.15) is 0 Å². The van der Waals surface area contributed by atoms with E-state index >= 15 is 0 Å². The van der Waals surface area contributed by atoms with Crippen molar-refractivity contribution in [1.29, 1.82) is 0 Å². The number of hydrogen-bond donors (Lipinski definition) is 3. The highest BCUT2D eigenvalue weighted by Gasteiger charge is 2.55. The largest absolute Gasteiger partial charge is 0.508 e. The number of phenolic OH excluding ortho intramolecular Hbond substituents is 1. The summed E-state index contributed by atoms with van der Waals surface area (Å²) in [5.41, 5.74) is 11.3. The van der Waals surface area contributed by atoms with Gasteiger partial charge in [0.15, 0.2) is 0 Å². The van der Waals surface area contributed by atoms with Gasteiger partial charge in [-0.05, 0) is 53.3 Å². The molecule has 5 rings (SSSR count). The van der Waals surface area contributed by atoms with Crippen LogP contribution in [0.1, 0.15) is 59.7 Å². The van der Waals surface area contributed by atoms with Crippen LogP contribution in [0.2, 0.25) is 5.02 Å². The molecule has 2 fully saturated rings. The number of phenols is 1. The van der Waals surface area contributed by atoms with Crippen LogP contribution in [0, 0.1) is 12.8 Å². The number of benzene rings is 2. The van der Waals surface area contributed by atoms with Crippen LogP contribution < -0.4 is 10.9 Å². The van der Waals surface area contributed by atoms with Gasteiger partial charge in [0.25, 0.3) is 0 Å². The van der Waals surface area contributed by atoms with Gasteiger partial charge in [-0.15, -0.1) is 0 Å². The van der Waals surface area contributed by atoms with Gasteiger partial charge in [0, 0.05) is 35.4 Å². The van der Waals surface area contributed by atoms with E-state index in [1.54, 1.807) is 24.5 Å². The molecule has 0 bridgehead atoms. The zero-order valence-corrected chi connectivity index (χ0v) is 20.3. The maximum atomic E-state index is 13.6. The monoisotopic (exact) mass is 476 g/mol. The van der Waals surface area contributed by atoms with E-state index in [9.17, 15) is 9.90 Å². The van der Waals surface area contributed by atoms with E-state index in [0.29, 0.717) is 23.0 Å². The molecule has 4 unspecified atom stereocenters. The summed E-state index contributed by atoms with van der Waals surface area (Å²) in [6.07, 6.45) is 3.53. The maximum Gasteiger partial charge on any atom is 0.242 e. The molecule has 176 valence electrons. The number of rotatable bonds is 5. The number of aromatic hydroxyl groups is 1. The number of hydrogen-bond acceptors (Lipinski definition) is 5. The number of nitrogens with zero attached hydrogens (tertiary/aromatic N) is 2. The van der Waals surface area contributed by atoms with Gasteiger partial charge >= 0.3 is 0 Å². The summed E-state index contributed by atoms with van der Waals surface area (Å²) in [6.45, 7) is 6.67. The van der Waals surface area contributed by atoms with Crippen molar-refractivity contribution in [3.8, 4) is 5.75 Å². The summed E-state index contributed by atoms with van der Waals surface area (Å²) in [5, 5.41) is 11.4. The van der Waals surface area contributed by atoms with Crippen molar-refractivity contribution < 1.29 is 9.90 Å². The third-order valence-corrected chi connectivity index (χ3v) is 7.48. The van der Waals surface area contributed by atoms with Crippen molar-refractivity contribution in [2.75, 3.05) is 0 Å². The molecule has 2 aliphatic rings. The summed E-state index contributed by atoms with van der Waals surface area (Å²) in [5.74, 6) is 0.486. The Morgan fingerprint density at radius 2 is 1.85 bits per heavy atom. The first-order chi connectivity index (χ1) is 16.3. The Balaban J connectivity index is 1.58. The van der Waals surface area contributed by atoms with E-state index < -0.39 is 6.04 Å². The fourth-order valence-corrected chi connectivity index (χ4v) is 5.41. The number of halogens is 1. The zero-order valence-electron chi connectivity index (χ0n) is 19.5. The first kappa shape index (κ1) is 22.8. The highest BCUT2D eigenvalue weighted by Crippen LogP contribution is 2.49. The second-order valence-corrected chi connectivity index (χ2v) is 9.98. The number of aromatic nitrogens is 1. The average molecular weight is 477 g/mol. The summed E-state index contributed by atoms with van der Waals surface area (Å²) in [4.78, 5) is 19.8. The van der Waals surface area contributed by atoms with Gasteiger partial charge in [0.1, 0.15) is 11.8 Å². The summed E-state index contributed by atoms with van der Waals surface area (Å²) < 4.78 is 0. The van der Waals surface area contributed by atoms with E-state index in [-0.39, 0.29) is 29.7 Å². The minimum atomic E-state index is -0.420. The Bertz CT molecular complexity index is 1200. The Morgan fingerprint density at radius 3 is 2.53 bits per heavy atom. The zero-order chi connectivity index (χ0) is 24.0. The van der Waals surface area contributed by atoms with Crippen molar-refractivity contribution in [3.05, 3.63) is 93.8 Å². The lowest BCUT2D eigenvalue weighted by Crippen LogP contribution is -2.41. The standard InChI is InChI=1S/C27H29ClN4O2/c1-15(2)18-6-8-19(9-7-18)26-23-24(20-12-21(28)16(3)11-22(20)33)30-31-25(23)27(34)32(26)14-17-5-4-10-29-13-17/h4-13,15,23-26,30-31,33H,14H2,1-3H3. The molecule has 0 radical (unpaired) electrons. The number of nitrogens with one attached hydrogen (secondary N) is 2. The summed E-state index contributed by atoms with van der Waals surface area (Å²) >= 11 is 6.43. The third kappa shape index (κ3) is 3.96. The molecule has 3 heterocycles. The van der Waals surface area contributed by atoms with Crippen LogP contribution >= 0.6 is 11.6 Å². The fraction of sp³-hybridized carbons (Fsp3) is 0.333.